The van der Waals surface area contributed by atoms with Gasteiger partial charge in [0, 0.05) is 46.8 Å². The maximum Gasteiger partial charge on any atom is 0.416 e. The molecule has 2 unspecified atom stereocenters. The Kier molecular flexibility index (Phi) is 6.72. The number of halogens is 4. The minimum atomic E-state index is -4.50. The molecule has 0 fully saturated rings. The minimum Gasteiger partial charge on any atom is -0.473 e. The first-order chi connectivity index (χ1) is 19.7. The van der Waals surface area contributed by atoms with Crippen LogP contribution in [0.25, 0.3) is 5.57 Å². The lowest BCUT2D eigenvalue weighted by molar-refractivity contribution is -0.149. The van der Waals surface area contributed by atoms with Gasteiger partial charge in [-0.2, -0.15) is 13.2 Å². The summed E-state index contributed by atoms with van der Waals surface area (Å²) in [5.41, 5.74) is 4.12. The van der Waals surface area contributed by atoms with E-state index >= 15 is 4.39 Å². The van der Waals surface area contributed by atoms with Crippen molar-refractivity contribution in [2.75, 3.05) is 14.1 Å². The van der Waals surface area contributed by atoms with Crippen LogP contribution in [0.3, 0.4) is 0 Å². The SMILES string of the molecule is CN(C)C1CC(c2ccccc2C(F)(F)F)c2cc(COc3cc4c(cn3)C3=C(C(=O)OC(C)(C)C)[C@@H]3C4)c(F)cc21. The highest BCUT2D eigenvalue weighted by atomic mass is 19.4. The van der Waals surface area contributed by atoms with Gasteiger partial charge < -0.3 is 14.4 Å². The summed E-state index contributed by atoms with van der Waals surface area (Å²) in [6.45, 7) is 5.37. The highest BCUT2D eigenvalue weighted by molar-refractivity contribution is 6.12. The number of rotatable bonds is 6. The lowest BCUT2D eigenvalue weighted by atomic mass is 9.88. The van der Waals surface area contributed by atoms with E-state index in [4.69, 9.17) is 9.47 Å². The molecule has 0 saturated heterocycles. The van der Waals surface area contributed by atoms with Gasteiger partial charge in [-0.1, -0.05) is 18.2 Å². The first-order valence-corrected chi connectivity index (χ1v) is 14.0. The summed E-state index contributed by atoms with van der Waals surface area (Å²) in [5.74, 6) is -0.961. The summed E-state index contributed by atoms with van der Waals surface area (Å²) < 4.78 is 68.5. The number of fused-ring (bicyclic) bond motifs is 4. The highest BCUT2D eigenvalue weighted by Crippen LogP contribution is 2.56. The van der Waals surface area contributed by atoms with E-state index in [1.54, 1.807) is 24.4 Å². The normalized spacial score (nSPS) is 20.9. The van der Waals surface area contributed by atoms with Crippen LogP contribution in [-0.2, 0) is 28.7 Å². The topological polar surface area (TPSA) is 51.7 Å². The van der Waals surface area contributed by atoms with E-state index < -0.39 is 29.1 Å². The minimum absolute atomic E-state index is 0.0298. The third-order valence-electron chi connectivity index (χ3n) is 8.29. The van der Waals surface area contributed by atoms with Gasteiger partial charge in [0.25, 0.3) is 0 Å². The van der Waals surface area contributed by atoms with Crippen LogP contribution in [0, 0.1) is 11.7 Å². The van der Waals surface area contributed by atoms with E-state index in [9.17, 15) is 18.0 Å². The van der Waals surface area contributed by atoms with Gasteiger partial charge in [0.1, 0.15) is 18.0 Å². The van der Waals surface area contributed by atoms with Gasteiger partial charge in [-0.3, -0.25) is 0 Å². The molecule has 5 nitrogen and oxygen atoms in total. The number of benzene rings is 2. The molecule has 220 valence electrons. The van der Waals surface area contributed by atoms with Crippen LogP contribution >= 0.6 is 0 Å². The van der Waals surface area contributed by atoms with Crippen LogP contribution in [0.2, 0.25) is 0 Å². The Morgan fingerprint density at radius 1 is 1.02 bits per heavy atom. The van der Waals surface area contributed by atoms with Crippen LogP contribution < -0.4 is 4.74 Å². The van der Waals surface area contributed by atoms with Gasteiger partial charge >= 0.3 is 12.1 Å². The fourth-order valence-electron chi connectivity index (χ4n) is 6.40. The van der Waals surface area contributed by atoms with Crippen molar-refractivity contribution in [2.45, 2.75) is 64.0 Å². The average molecular weight is 581 g/mol. The second-order valence-corrected chi connectivity index (χ2v) is 12.5. The summed E-state index contributed by atoms with van der Waals surface area (Å²) in [7, 11) is 3.69. The van der Waals surface area contributed by atoms with E-state index in [-0.39, 0.29) is 35.7 Å². The number of allylic oxidation sites excluding steroid dienone is 1. The maximum atomic E-state index is 15.3. The Hall–Kier alpha value is -3.72. The molecule has 1 aromatic heterocycles. The molecule has 3 aliphatic rings. The number of pyridine rings is 1. The lowest BCUT2D eigenvalue weighted by Crippen LogP contribution is -2.24. The van der Waals surface area contributed by atoms with Crippen LogP contribution in [0.5, 0.6) is 5.88 Å². The van der Waals surface area contributed by atoms with Gasteiger partial charge in [-0.15, -0.1) is 0 Å². The number of hydrogen-bond donors (Lipinski definition) is 0. The Balaban J connectivity index is 1.25. The standard InChI is InChI=1S/C33H32F4N2O3/c1-32(2,3)42-31(40)30-23-10-17-12-28(38-15-24(17)29(23)30)41-16-18-11-20-21(14-27(39(4)5)22(20)13-26(18)34)19-8-6-7-9-25(19)33(35,36)37/h6-9,11-13,15,21,23,27H,10,14,16H2,1-5H3/t21?,23-,27?/m1/s1. The molecule has 0 bridgehead atoms. The molecule has 0 aliphatic heterocycles. The fraction of sp³-hybridized carbons (Fsp3) is 0.394. The summed E-state index contributed by atoms with van der Waals surface area (Å²) in [5, 5.41) is 0. The quantitative estimate of drug-likeness (QED) is 0.227. The van der Waals surface area contributed by atoms with Crippen LogP contribution in [-0.4, -0.2) is 35.5 Å². The summed E-state index contributed by atoms with van der Waals surface area (Å²) >= 11 is 0. The van der Waals surface area contributed by atoms with Crippen molar-refractivity contribution < 1.29 is 31.8 Å². The molecule has 3 aliphatic carbocycles. The molecule has 3 atom stereocenters. The number of alkyl halides is 3. The van der Waals surface area contributed by atoms with Gasteiger partial charge in [-0.25, -0.2) is 14.2 Å². The molecular weight excluding hydrogens is 548 g/mol. The van der Waals surface area contributed by atoms with Crippen molar-refractivity contribution >= 4 is 11.5 Å². The van der Waals surface area contributed by atoms with Gasteiger partial charge in [0.15, 0.2) is 0 Å². The zero-order valence-electron chi connectivity index (χ0n) is 24.1. The van der Waals surface area contributed by atoms with Crippen molar-refractivity contribution in [1.29, 1.82) is 0 Å². The Morgan fingerprint density at radius 3 is 2.45 bits per heavy atom. The van der Waals surface area contributed by atoms with Crippen molar-refractivity contribution in [3.05, 3.63) is 99.0 Å². The molecule has 3 aromatic rings. The summed E-state index contributed by atoms with van der Waals surface area (Å²) in [6, 6.07) is 10.3. The Morgan fingerprint density at radius 2 is 1.76 bits per heavy atom. The van der Waals surface area contributed by atoms with Crippen molar-refractivity contribution in [3.8, 4) is 5.88 Å². The predicted molar refractivity (Wildman–Crippen MR) is 149 cm³/mol. The number of carbonyl (C=O) groups is 1. The Labute approximate surface area is 242 Å². The zero-order chi connectivity index (χ0) is 30.1. The molecule has 9 heteroatoms. The predicted octanol–water partition coefficient (Wildman–Crippen LogP) is 7.24. The third-order valence-corrected chi connectivity index (χ3v) is 8.29. The smallest absolute Gasteiger partial charge is 0.416 e. The van der Waals surface area contributed by atoms with Gasteiger partial charge in [-0.05, 0) is 93.7 Å². The molecule has 2 aromatic carbocycles. The van der Waals surface area contributed by atoms with Crippen molar-refractivity contribution in [3.63, 3.8) is 0 Å². The second kappa shape index (κ2) is 9.93. The van der Waals surface area contributed by atoms with E-state index in [1.165, 1.54) is 18.2 Å². The zero-order valence-corrected chi connectivity index (χ0v) is 24.1. The van der Waals surface area contributed by atoms with E-state index in [0.29, 0.717) is 35.4 Å². The van der Waals surface area contributed by atoms with Crippen LogP contribution in [0.4, 0.5) is 17.6 Å². The number of esters is 1. The monoisotopic (exact) mass is 580 g/mol. The summed E-state index contributed by atoms with van der Waals surface area (Å²) in [6.07, 6.45) is -1.77. The lowest BCUT2D eigenvalue weighted by Gasteiger charge is -2.21. The van der Waals surface area contributed by atoms with Crippen LogP contribution in [0.15, 0.2) is 54.2 Å². The number of aromatic nitrogens is 1. The molecule has 0 saturated carbocycles. The van der Waals surface area contributed by atoms with Gasteiger partial charge in [0.05, 0.1) is 5.56 Å². The van der Waals surface area contributed by atoms with Gasteiger partial charge in [0.2, 0.25) is 5.88 Å². The molecule has 42 heavy (non-hydrogen) atoms. The molecule has 0 N–H and O–H groups in total. The molecule has 0 spiro atoms. The second-order valence-electron chi connectivity index (χ2n) is 12.5. The van der Waals surface area contributed by atoms with Crippen molar-refractivity contribution in [2.24, 2.45) is 5.92 Å². The Bertz CT molecular complexity index is 1620. The molecule has 1 heterocycles. The number of nitrogens with zero attached hydrogens (tertiary/aromatic N) is 2. The number of ether oxygens (including phenoxy) is 2. The maximum absolute atomic E-state index is 15.3. The third kappa shape index (κ3) is 5.08. The molecule has 0 radical (unpaired) electrons. The van der Waals surface area contributed by atoms with Crippen molar-refractivity contribution in [1.82, 2.24) is 9.88 Å². The number of hydrogen-bond acceptors (Lipinski definition) is 5. The highest BCUT2D eigenvalue weighted by Gasteiger charge is 2.49. The van der Waals surface area contributed by atoms with E-state index in [1.807, 2.05) is 39.8 Å². The average Bonchev–Trinajstić information content (AvgIpc) is 3.30. The molecule has 6 rings (SSSR count). The first-order valence-electron chi connectivity index (χ1n) is 14.0. The number of carbonyl (C=O) groups excluding carboxylic acids is 1. The fourth-order valence-corrected chi connectivity index (χ4v) is 6.40. The molecule has 0 amide bonds. The van der Waals surface area contributed by atoms with E-state index in [2.05, 4.69) is 4.98 Å². The largest absolute Gasteiger partial charge is 0.473 e. The summed E-state index contributed by atoms with van der Waals surface area (Å²) in [4.78, 5) is 18.8. The van der Waals surface area contributed by atoms with E-state index in [0.717, 1.165) is 22.8 Å². The molecular formula is C33H32F4N2O3. The first kappa shape index (κ1) is 28.4. The van der Waals surface area contributed by atoms with Crippen LogP contribution in [0.1, 0.15) is 78.1 Å².